The first-order chi connectivity index (χ1) is 10.2. The van der Waals surface area contributed by atoms with Crippen molar-refractivity contribution in [2.24, 2.45) is 5.92 Å². The van der Waals surface area contributed by atoms with Crippen LogP contribution in [0.5, 0.6) is 0 Å². The Morgan fingerprint density at radius 1 is 1.48 bits per heavy atom. The zero-order valence-corrected chi connectivity index (χ0v) is 13.2. The minimum absolute atomic E-state index is 0.162. The number of hydrogen-bond acceptors (Lipinski definition) is 3. The van der Waals surface area contributed by atoms with Gasteiger partial charge >= 0.3 is 0 Å². The molecule has 1 amide bonds. The van der Waals surface area contributed by atoms with E-state index in [1.165, 1.54) is 18.4 Å². The SMILES string of the molecule is CCC(C)NC(=O)CN1CCC(Cc2cccnc2)CC1. The molecule has 1 saturated heterocycles. The summed E-state index contributed by atoms with van der Waals surface area (Å²) in [7, 11) is 0. The largest absolute Gasteiger partial charge is 0.353 e. The van der Waals surface area contributed by atoms with Crippen LogP contribution in [-0.4, -0.2) is 41.5 Å². The molecule has 2 heterocycles. The third-order valence-corrected chi connectivity index (χ3v) is 4.34. The second-order valence-corrected chi connectivity index (χ2v) is 6.16. The van der Waals surface area contributed by atoms with E-state index in [1.807, 2.05) is 18.5 Å². The number of likely N-dealkylation sites (tertiary alicyclic amines) is 1. The fourth-order valence-corrected chi connectivity index (χ4v) is 2.83. The molecule has 1 aliphatic rings. The Hall–Kier alpha value is -1.42. The number of amides is 1. The maximum Gasteiger partial charge on any atom is 0.234 e. The molecular weight excluding hydrogens is 262 g/mol. The molecule has 1 N–H and O–H groups in total. The van der Waals surface area contributed by atoms with Crippen LogP contribution in [0.3, 0.4) is 0 Å². The van der Waals surface area contributed by atoms with Gasteiger partial charge in [-0.25, -0.2) is 0 Å². The Kier molecular flexibility index (Phi) is 6.18. The molecule has 0 aromatic carbocycles. The minimum Gasteiger partial charge on any atom is -0.353 e. The highest BCUT2D eigenvalue weighted by Gasteiger charge is 2.21. The lowest BCUT2D eigenvalue weighted by Crippen LogP contribution is -2.44. The van der Waals surface area contributed by atoms with Gasteiger partial charge in [-0.05, 0) is 63.2 Å². The summed E-state index contributed by atoms with van der Waals surface area (Å²) in [6.45, 7) is 6.74. The van der Waals surface area contributed by atoms with Crippen molar-refractivity contribution >= 4 is 5.91 Å². The molecule has 1 aromatic rings. The predicted molar refractivity (Wildman–Crippen MR) is 85.0 cm³/mol. The summed E-state index contributed by atoms with van der Waals surface area (Å²) in [4.78, 5) is 18.3. The topological polar surface area (TPSA) is 45.2 Å². The summed E-state index contributed by atoms with van der Waals surface area (Å²) < 4.78 is 0. The molecule has 1 fully saturated rings. The molecule has 1 aromatic heterocycles. The van der Waals surface area contributed by atoms with Gasteiger partial charge in [-0.2, -0.15) is 0 Å². The third kappa shape index (κ3) is 5.46. The van der Waals surface area contributed by atoms with E-state index < -0.39 is 0 Å². The first kappa shape index (κ1) is 16.0. The van der Waals surface area contributed by atoms with Gasteiger partial charge in [0.05, 0.1) is 6.54 Å². The van der Waals surface area contributed by atoms with E-state index >= 15 is 0 Å². The van der Waals surface area contributed by atoms with Crippen LogP contribution in [0.4, 0.5) is 0 Å². The van der Waals surface area contributed by atoms with E-state index in [-0.39, 0.29) is 11.9 Å². The first-order valence-corrected chi connectivity index (χ1v) is 8.08. The Bertz CT molecular complexity index is 427. The van der Waals surface area contributed by atoms with Crippen molar-refractivity contribution < 1.29 is 4.79 Å². The quantitative estimate of drug-likeness (QED) is 0.873. The molecule has 116 valence electrons. The van der Waals surface area contributed by atoms with Gasteiger partial charge in [0.25, 0.3) is 0 Å². The summed E-state index contributed by atoms with van der Waals surface area (Å²) in [5, 5.41) is 3.04. The zero-order valence-electron chi connectivity index (χ0n) is 13.2. The van der Waals surface area contributed by atoms with Crippen LogP contribution in [-0.2, 0) is 11.2 Å². The van der Waals surface area contributed by atoms with E-state index in [9.17, 15) is 4.79 Å². The van der Waals surface area contributed by atoms with Gasteiger partial charge in [0, 0.05) is 18.4 Å². The number of nitrogens with one attached hydrogen (secondary N) is 1. The van der Waals surface area contributed by atoms with Crippen molar-refractivity contribution in [3.05, 3.63) is 30.1 Å². The van der Waals surface area contributed by atoms with Gasteiger partial charge in [-0.3, -0.25) is 14.7 Å². The van der Waals surface area contributed by atoms with Crippen molar-refractivity contribution in [3.8, 4) is 0 Å². The Labute approximate surface area is 127 Å². The molecule has 1 atom stereocenters. The van der Waals surface area contributed by atoms with Crippen molar-refractivity contribution in [2.75, 3.05) is 19.6 Å². The predicted octanol–water partition coefficient (Wildman–Crippen LogP) is 2.25. The van der Waals surface area contributed by atoms with Crippen LogP contribution in [0.1, 0.15) is 38.7 Å². The van der Waals surface area contributed by atoms with Crippen molar-refractivity contribution in [1.82, 2.24) is 15.2 Å². The van der Waals surface area contributed by atoms with Crippen LogP contribution in [0, 0.1) is 5.92 Å². The molecular formula is C17H27N3O. The van der Waals surface area contributed by atoms with Gasteiger partial charge in [-0.15, -0.1) is 0 Å². The van der Waals surface area contributed by atoms with Crippen LogP contribution in [0.2, 0.25) is 0 Å². The first-order valence-electron chi connectivity index (χ1n) is 8.08. The van der Waals surface area contributed by atoms with Gasteiger partial charge in [0.15, 0.2) is 0 Å². The fourth-order valence-electron chi connectivity index (χ4n) is 2.83. The molecule has 0 radical (unpaired) electrons. The van der Waals surface area contributed by atoms with Crippen LogP contribution in [0.25, 0.3) is 0 Å². The number of rotatable bonds is 6. The number of carbonyl (C=O) groups is 1. The second-order valence-electron chi connectivity index (χ2n) is 6.16. The lowest BCUT2D eigenvalue weighted by Gasteiger charge is -2.31. The van der Waals surface area contributed by atoms with E-state index in [4.69, 9.17) is 0 Å². The number of hydrogen-bond donors (Lipinski definition) is 1. The highest BCUT2D eigenvalue weighted by atomic mass is 16.2. The number of piperidine rings is 1. The molecule has 2 rings (SSSR count). The second kappa shape index (κ2) is 8.13. The van der Waals surface area contributed by atoms with Crippen molar-refractivity contribution in [3.63, 3.8) is 0 Å². The highest BCUT2D eigenvalue weighted by Crippen LogP contribution is 2.21. The molecule has 0 spiro atoms. The summed E-state index contributed by atoms with van der Waals surface area (Å²) in [6.07, 6.45) is 8.23. The molecule has 0 saturated carbocycles. The Balaban J connectivity index is 1.69. The van der Waals surface area contributed by atoms with E-state index in [0.29, 0.717) is 6.54 Å². The summed E-state index contributed by atoms with van der Waals surface area (Å²) in [6, 6.07) is 4.43. The number of nitrogens with zero attached hydrogens (tertiary/aromatic N) is 2. The molecule has 1 unspecified atom stereocenters. The van der Waals surface area contributed by atoms with Crippen molar-refractivity contribution in [2.45, 2.75) is 45.6 Å². The number of pyridine rings is 1. The van der Waals surface area contributed by atoms with Crippen molar-refractivity contribution in [1.29, 1.82) is 0 Å². The minimum atomic E-state index is 0.162. The van der Waals surface area contributed by atoms with Gasteiger partial charge < -0.3 is 5.32 Å². The Morgan fingerprint density at radius 2 is 2.24 bits per heavy atom. The highest BCUT2D eigenvalue weighted by molar-refractivity contribution is 5.78. The lowest BCUT2D eigenvalue weighted by molar-refractivity contribution is -0.123. The maximum absolute atomic E-state index is 11.9. The van der Waals surface area contributed by atoms with Gasteiger partial charge in [-0.1, -0.05) is 13.0 Å². The average Bonchev–Trinajstić information content (AvgIpc) is 2.50. The normalized spacial score (nSPS) is 18.4. The van der Waals surface area contributed by atoms with E-state index in [0.717, 1.165) is 31.8 Å². The average molecular weight is 289 g/mol. The summed E-state index contributed by atoms with van der Waals surface area (Å²) >= 11 is 0. The molecule has 21 heavy (non-hydrogen) atoms. The van der Waals surface area contributed by atoms with E-state index in [1.54, 1.807) is 0 Å². The molecule has 4 heteroatoms. The zero-order chi connectivity index (χ0) is 15.1. The smallest absolute Gasteiger partial charge is 0.234 e. The summed E-state index contributed by atoms with van der Waals surface area (Å²) in [5.41, 5.74) is 1.32. The fraction of sp³-hybridized carbons (Fsp3) is 0.647. The van der Waals surface area contributed by atoms with Crippen LogP contribution < -0.4 is 5.32 Å². The molecule has 4 nitrogen and oxygen atoms in total. The third-order valence-electron chi connectivity index (χ3n) is 4.34. The standard InChI is InChI=1S/C17H27N3O/c1-3-14(2)19-17(21)13-20-9-6-15(7-10-20)11-16-5-4-8-18-12-16/h4-5,8,12,14-15H,3,6-7,9-11,13H2,1-2H3,(H,19,21). The Morgan fingerprint density at radius 3 is 2.86 bits per heavy atom. The molecule has 0 bridgehead atoms. The number of carbonyl (C=O) groups excluding carboxylic acids is 1. The lowest BCUT2D eigenvalue weighted by atomic mass is 9.91. The van der Waals surface area contributed by atoms with E-state index in [2.05, 4.69) is 35.1 Å². The van der Waals surface area contributed by atoms with Crippen LogP contribution >= 0.6 is 0 Å². The number of aromatic nitrogens is 1. The van der Waals surface area contributed by atoms with Crippen LogP contribution in [0.15, 0.2) is 24.5 Å². The van der Waals surface area contributed by atoms with Gasteiger partial charge in [0.1, 0.15) is 0 Å². The molecule has 1 aliphatic heterocycles. The summed E-state index contributed by atoms with van der Waals surface area (Å²) in [5.74, 6) is 0.887. The molecule has 0 aliphatic carbocycles. The van der Waals surface area contributed by atoms with Gasteiger partial charge in [0.2, 0.25) is 5.91 Å². The monoisotopic (exact) mass is 289 g/mol. The maximum atomic E-state index is 11.9.